The molecule has 0 amide bonds. The van der Waals surface area contributed by atoms with Crippen molar-refractivity contribution in [1.82, 2.24) is 0 Å². The fourth-order valence-electron chi connectivity index (χ4n) is 7.96. The van der Waals surface area contributed by atoms with E-state index < -0.39 is 6.10 Å². The Balaban J connectivity index is 4.37. The van der Waals surface area contributed by atoms with Crippen LogP contribution in [0, 0.1) is 0 Å². The van der Waals surface area contributed by atoms with Gasteiger partial charge in [-0.1, -0.05) is 239 Å². The minimum Gasteiger partial charge on any atom is -0.462 e. The molecule has 0 aliphatic rings. The summed E-state index contributed by atoms with van der Waals surface area (Å²) < 4.78 is 17.5. The molecule has 0 aromatic heterocycles. The third-order valence-corrected chi connectivity index (χ3v) is 12.3. The highest BCUT2D eigenvalue weighted by molar-refractivity contribution is 5.70. The van der Waals surface area contributed by atoms with E-state index in [4.69, 9.17) is 14.2 Å². The second-order valence-electron chi connectivity index (χ2n) is 19.1. The van der Waals surface area contributed by atoms with Crippen LogP contribution in [0.2, 0.25) is 0 Å². The van der Waals surface area contributed by atoms with E-state index in [0.717, 1.165) is 109 Å². The van der Waals surface area contributed by atoms with Gasteiger partial charge in [0.05, 0.1) is 6.61 Å². The summed E-state index contributed by atoms with van der Waals surface area (Å²) in [6.07, 6.45) is 82.5. The van der Waals surface area contributed by atoms with Crippen LogP contribution in [0.3, 0.4) is 0 Å². The highest BCUT2D eigenvalue weighted by Crippen LogP contribution is 2.14. The molecule has 0 aliphatic heterocycles. The minimum atomic E-state index is -0.564. The van der Waals surface area contributed by atoms with Gasteiger partial charge in [-0.15, -0.1) is 0 Å². The third-order valence-electron chi connectivity index (χ3n) is 12.3. The molecule has 5 heteroatoms. The molecule has 0 fully saturated rings. The summed E-state index contributed by atoms with van der Waals surface area (Å²) in [7, 11) is 0. The van der Waals surface area contributed by atoms with Gasteiger partial charge in [0.2, 0.25) is 0 Å². The first-order chi connectivity index (χ1) is 34.6. The van der Waals surface area contributed by atoms with Crippen molar-refractivity contribution >= 4 is 11.9 Å². The van der Waals surface area contributed by atoms with Crippen molar-refractivity contribution < 1.29 is 23.8 Å². The summed E-state index contributed by atoms with van der Waals surface area (Å²) in [5.74, 6) is -0.442. The zero-order chi connectivity index (χ0) is 50.6. The van der Waals surface area contributed by atoms with Crippen LogP contribution in [0.1, 0.15) is 265 Å². The molecular weight excluding hydrogens is 861 g/mol. The Morgan fingerprint density at radius 2 is 0.643 bits per heavy atom. The Bertz CT molecular complexity index is 1380. The van der Waals surface area contributed by atoms with E-state index in [1.807, 2.05) is 0 Å². The van der Waals surface area contributed by atoms with Gasteiger partial charge in [0, 0.05) is 19.4 Å². The Kier molecular flexibility index (Phi) is 56.9. The van der Waals surface area contributed by atoms with Crippen LogP contribution in [0.15, 0.2) is 109 Å². The predicted molar refractivity (Wildman–Crippen MR) is 306 cm³/mol. The molecule has 0 radical (unpaired) electrons. The summed E-state index contributed by atoms with van der Waals surface area (Å²) in [6.45, 7) is 7.56. The second kappa shape index (κ2) is 59.9. The highest BCUT2D eigenvalue weighted by Gasteiger charge is 2.17. The van der Waals surface area contributed by atoms with Gasteiger partial charge in [0.1, 0.15) is 6.61 Å². The summed E-state index contributed by atoms with van der Waals surface area (Å²) in [5, 5.41) is 0. The quantitative estimate of drug-likeness (QED) is 0.0345. The molecule has 5 nitrogen and oxygen atoms in total. The molecule has 0 N–H and O–H groups in total. The number of hydrogen-bond donors (Lipinski definition) is 0. The van der Waals surface area contributed by atoms with Crippen molar-refractivity contribution in [3.63, 3.8) is 0 Å². The molecule has 0 spiro atoms. The fourth-order valence-corrected chi connectivity index (χ4v) is 7.96. The molecule has 1 unspecified atom stereocenters. The van der Waals surface area contributed by atoms with Gasteiger partial charge < -0.3 is 14.2 Å². The van der Waals surface area contributed by atoms with Crippen LogP contribution in [0.4, 0.5) is 0 Å². The first kappa shape index (κ1) is 66.6. The Morgan fingerprint density at radius 3 is 1.06 bits per heavy atom. The molecule has 0 aromatic rings. The van der Waals surface area contributed by atoms with Crippen molar-refractivity contribution in [2.24, 2.45) is 0 Å². The van der Waals surface area contributed by atoms with Gasteiger partial charge in [-0.05, 0) is 122 Å². The fraction of sp³-hybridized carbons (Fsp3) is 0.692. The lowest BCUT2D eigenvalue weighted by atomic mass is 10.1. The Labute approximate surface area is 434 Å². The lowest BCUT2D eigenvalue weighted by molar-refractivity contribution is -0.163. The summed E-state index contributed by atoms with van der Waals surface area (Å²) in [4.78, 5) is 25.6. The smallest absolute Gasteiger partial charge is 0.306 e. The number of esters is 2. The van der Waals surface area contributed by atoms with Crippen molar-refractivity contribution in [1.29, 1.82) is 0 Å². The summed E-state index contributed by atoms with van der Waals surface area (Å²) in [6, 6.07) is 0. The predicted octanol–water partition coefficient (Wildman–Crippen LogP) is 20.3. The van der Waals surface area contributed by atoms with Crippen LogP contribution in [-0.2, 0) is 23.8 Å². The molecular formula is C65H110O5. The van der Waals surface area contributed by atoms with E-state index in [-0.39, 0.29) is 25.2 Å². The van der Waals surface area contributed by atoms with E-state index in [1.165, 1.54) is 122 Å². The largest absolute Gasteiger partial charge is 0.462 e. The second-order valence-corrected chi connectivity index (χ2v) is 19.1. The standard InChI is InChI=1S/C65H110O5/c1-4-7-10-13-16-19-22-25-28-31-33-35-37-40-43-46-49-52-55-58-64(66)69-62-63(61-68-60-57-54-51-48-45-42-39-36-32-29-26-23-20-17-14-11-8-5-2)70-65(67)59-56-53-50-47-44-41-38-34-30-27-24-21-18-15-12-9-6-3/h7-8,10-11,16-17,19-20,25-30,33,35,40,43,63H,4-6,9,12-15,18,21-24,31-32,34,36-39,41-42,44-62H2,1-3H3/b10-7-,11-8-,19-16-,20-17-,28-25-,29-26-,30-27-,35-33-,43-40-. The topological polar surface area (TPSA) is 61.8 Å². The van der Waals surface area contributed by atoms with E-state index in [1.54, 1.807) is 0 Å². The Morgan fingerprint density at radius 1 is 0.329 bits per heavy atom. The van der Waals surface area contributed by atoms with Crippen LogP contribution >= 0.6 is 0 Å². The molecule has 0 rings (SSSR count). The molecule has 0 heterocycles. The number of carbonyl (C=O) groups is 2. The van der Waals surface area contributed by atoms with Gasteiger partial charge >= 0.3 is 11.9 Å². The van der Waals surface area contributed by atoms with Crippen LogP contribution in [0.25, 0.3) is 0 Å². The molecule has 0 bridgehead atoms. The normalized spacial score (nSPS) is 13.0. The lowest BCUT2D eigenvalue weighted by Crippen LogP contribution is -2.30. The van der Waals surface area contributed by atoms with E-state index in [2.05, 4.69) is 130 Å². The number of rotatable bonds is 53. The lowest BCUT2D eigenvalue weighted by Gasteiger charge is -2.18. The summed E-state index contributed by atoms with van der Waals surface area (Å²) >= 11 is 0. The average Bonchev–Trinajstić information content (AvgIpc) is 3.36. The van der Waals surface area contributed by atoms with Crippen molar-refractivity contribution in [2.75, 3.05) is 19.8 Å². The maximum Gasteiger partial charge on any atom is 0.306 e. The van der Waals surface area contributed by atoms with Crippen molar-refractivity contribution in [3.05, 3.63) is 109 Å². The minimum absolute atomic E-state index is 0.0582. The Hall–Kier alpha value is -3.44. The van der Waals surface area contributed by atoms with Crippen LogP contribution in [-0.4, -0.2) is 37.9 Å². The molecule has 0 saturated carbocycles. The van der Waals surface area contributed by atoms with Gasteiger partial charge in [-0.3, -0.25) is 9.59 Å². The van der Waals surface area contributed by atoms with Crippen LogP contribution < -0.4 is 0 Å². The number of ether oxygens (including phenoxy) is 3. The molecule has 400 valence electrons. The molecule has 0 aliphatic carbocycles. The zero-order valence-corrected chi connectivity index (χ0v) is 46.0. The number of allylic oxidation sites excluding steroid dienone is 18. The van der Waals surface area contributed by atoms with Gasteiger partial charge in [0.25, 0.3) is 0 Å². The van der Waals surface area contributed by atoms with Gasteiger partial charge in [-0.2, -0.15) is 0 Å². The van der Waals surface area contributed by atoms with Crippen molar-refractivity contribution in [2.45, 2.75) is 271 Å². The SMILES string of the molecule is CC/C=C\C/C=C\C/C=C\C/C=C\C/C=C\CCCCCC(=O)OCC(COCCCCCCCCCC/C=C\C/C=C\C/C=C\CC)OC(=O)CCCCCCCCC/C=C\CCCCCCCC. The maximum absolute atomic E-state index is 12.9. The summed E-state index contributed by atoms with van der Waals surface area (Å²) in [5.41, 5.74) is 0. The third kappa shape index (κ3) is 57.1. The first-order valence-corrected chi connectivity index (χ1v) is 29.4. The average molecular weight is 972 g/mol. The van der Waals surface area contributed by atoms with Gasteiger partial charge in [0.15, 0.2) is 6.10 Å². The highest BCUT2D eigenvalue weighted by atomic mass is 16.6. The molecule has 1 atom stereocenters. The van der Waals surface area contributed by atoms with Crippen LogP contribution in [0.5, 0.6) is 0 Å². The van der Waals surface area contributed by atoms with E-state index >= 15 is 0 Å². The first-order valence-electron chi connectivity index (χ1n) is 29.4. The molecule has 0 saturated heterocycles. The monoisotopic (exact) mass is 971 g/mol. The van der Waals surface area contributed by atoms with E-state index in [0.29, 0.717) is 19.4 Å². The number of hydrogen-bond acceptors (Lipinski definition) is 5. The van der Waals surface area contributed by atoms with E-state index in [9.17, 15) is 9.59 Å². The molecule has 70 heavy (non-hydrogen) atoms. The maximum atomic E-state index is 12.9. The van der Waals surface area contributed by atoms with Crippen molar-refractivity contribution in [3.8, 4) is 0 Å². The number of carbonyl (C=O) groups excluding carboxylic acids is 2. The molecule has 0 aromatic carbocycles. The zero-order valence-electron chi connectivity index (χ0n) is 46.0. The van der Waals surface area contributed by atoms with Gasteiger partial charge in [-0.25, -0.2) is 0 Å². The number of unbranched alkanes of at least 4 members (excludes halogenated alkanes) is 24.